The van der Waals surface area contributed by atoms with Gasteiger partial charge in [0.25, 0.3) is 0 Å². The van der Waals surface area contributed by atoms with Crippen molar-refractivity contribution in [3.63, 3.8) is 0 Å². The van der Waals surface area contributed by atoms with E-state index in [1.54, 1.807) is 14.2 Å². The van der Waals surface area contributed by atoms with Gasteiger partial charge in [0.15, 0.2) is 6.29 Å². The van der Waals surface area contributed by atoms with Crippen LogP contribution in [0.5, 0.6) is 0 Å². The SMILES string of the molecule is COC(OC)[C@H]1C[C@@H]2O[C@@H]21. The Bertz CT molecular complexity index is 133. The van der Waals surface area contributed by atoms with Crippen LogP contribution in [0.3, 0.4) is 0 Å². The first-order valence-electron chi connectivity index (χ1n) is 3.58. The smallest absolute Gasteiger partial charge is 0.162 e. The van der Waals surface area contributed by atoms with Crippen molar-refractivity contribution in [1.29, 1.82) is 0 Å². The summed E-state index contributed by atoms with van der Waals surface area (Å²) in [5, 5.41) is 0. The molecule has 1 heterocycles. The van der Waals surface area contributed by atoms with E-state index in [0.29, 0.717) is 18.1 Å². The molecule has 1 aliphatic heterocycles. The molecule has 0 N–H and O–H groups in total. The summed E-state index contributed by atoms with van der Waals surface area (Å²) in [4.78, 5) is 0. The molecule has 3 atom stereocenters. The predicted molar refractivity (Wildman–Crippen MR) is 34.6 cm³/mol. The van der Waals surface area contributed by atoms with E-state index in [1.165, 1.54) is 0 Å². The van der Waals surface area contributed by atoms with Gasteiger partial charge in [-0.05, 0) is 6.42 Å². The molecule has 0 radical (unpaired) electrons. The molecule has 2 aliphatic rings. The van der Waals surface area contributed by atoms with Gasteiger partial charge in [-0.3, -0.25) is 0 Å². The summed E-state index contributed by atoms with van der Waals surface area (Å²) in [6.45, 7) is 0. The van der Waals surface area contributed by atoms with Crippen LogP contribution in [0.4, 0.5) is 0 Å². The quantitative estimate of drug-likeness (QED) is 0.424. The minimum Gasteiger partial charge on any atom is -0.369 e. The Balaban J connectivity index is 1.85. The van der Waals surface area contributed by atoms with Crippen molar-refractivity contribution < 1.29 is 14.2 Å². The normalized spacial score (nSPS) is 42.9. The topological polar surface area (TPSA) is 31.0 Å². The Morgan fingerprint density at radius 2 is 2.10 bits per heavy atom. The van der Waals surface area contributed by atoms with Crippen LogP contribution >= 0.6 is 0 Å². The lowest BCUT2D eigenvalue weighted by Gasteiger charge is -2.27. The van der Waals surface area contributed by atoms with Crippen molar-refractivity contribution >= 4 is 0 Å². The summed E-state index contributed by atoms with van der Waals surface area (Å²) >= 11 is 0. The Labute approximate surface area is 60.3 Å². The lowest BCUT2D eigenvalue weighted by Crippen LogP contribution is -2.37. The second kappa shape index (κ2) is 2.19. The lowest BCUT2D eigenvalue weighted by atomic mass is 9.85. The number of ether oxygens (including phenoxy) is 3. The molecule has 0 aromatic rings. The lowest BCUT2D eigenvalue weighted by molar-refractivity contribution is -0.147. The molecular formula is C7H12O3. The highest BCUT2D eigenvalue weighted by Crippen LogP contribution is 2.48. The van der Waals surface area contributed by atoms with Gasteiger partial charge in [-0.25, -0.2) is 0 Å². The van der Waals surface area contributed by atoms with E-state index in [-0.39, 0.29) is 6.29 Å². The van der Waals surface area contributed by atoms with Crippen LogP contribution in [0, 0.1) is 5.92 Å². The van der Waals surface area contributed by atoms with E-state index < -0.39 is 0 Å². The molecule has 2 fully saturated rings. The first-order chi connectivity index (χ1) is 4.86. The number of fused-ring (bicyclic) bond motifs is 1. The van der Waals surface area contributed by atoms with Gasteiger partial charge in [0.1, 0.15) is 0 Å². The molecule has 2 rings (SSSR count). The molecule has 3 heteroatoms. The van der Waals surface area contributed by atoms with E-state index in [4.69, 9.17) is 14.2 Å². The average Bonchev–Trinajstić information content (AvgIpc) is 2.55. The van der Waals surface area contributed by atoms with E-state index in [2.05, 4.69) is 0 Å². The monoisotopic (exact) mass is 144 g/mol. The van der Waals surface area contributed by atoms with Crippen molar-refractivity contribution in [2.24, 2.45) is 5.92 Å². The minimum atomic E-state index is -0.0521. The van der Waals surface area contributed by atoms with Crippen LogP contribution in [-0.4, -0.2) is 32.7 Å². The van der Waals surface area contributed by atoms with Gasteiger partial charge in [0.2, 0.25) is 0 Å². The fourth-order valence-corrected chi connectivity index (χ4v) is 1.64. The average molecular weight is 144 g/mol. The van der Waals surface area contributed by atoms with Crippen LogP contribution in [0.15, 0.2) is 0 Å². The summed E-state index contributed by atoms with van der Waals surface area (Å²) in [6, 6.07) is 0. The van der Waals surface area contributed by atoms with Crippen LogP contribution in [-0.2, 0) is 14.2 Å². The molecule has 1 aliphatic carbocycles. The van der Waals surface area contributed by atoms with Crippen LogP contribution in [0.25, 0.3) is 0 Å². The maximum atomic E-state index is 5.27. The highest BCUT2D eigenvalue weighted by Gasteiger charge is 2.59. The minimum absolute atomic E-state index is 0.0521. The van der Waals surface area contributed by atoms with Gasteiger partial charge in [-0.2, -0.15) is 0 Å². The molecule has 0 amide bonds. The fourth-order valence-electron chi connectivity index (χ4n) is 1.64. The standard InChI is InChI=1S/C7H12O3/c1-8-7(9-2)4-3-5-6(4)10-5/h4-7H,3H2,1-2H3/t4-,5-,6+/m0/s1. The molecule has 0 bridgehead atoms. The number of rotatable bonds is 3. The zero-order chi connectivity index (χ0) is 7.14. The summed E-state index contributed by atoms with van der Waals surface area (Å²) in [5.41, 5.74) is 0. The van der Waals surface area contributed by atoms with Crippen LogP contribution in [0.2, 0.25) is 0 Å². The van der Waals surface area contributed by atoms with Crippen molar-refractivity contribution in [2.75, 3.05) is 14.2 Å². The van der Waals surface area contributed by atoms with Crippen molar-refractivity contribution in [2.45, 2.75) is 24.9 Å². The van der Waals surface area contributed by atoms with Crippen molar-refractivity contribution in [3.05, 3.63) is 0 Å². The summed E-state index contributed by atoms with van der Waals surface area (Å²) in [5.74, 6) is 0.486. The Morgan fingerprint density at radius 1 is 1.40 bits per heavy atom. The summed E-state index contributed by atoms with van der Waals surface area (Å²) in [7, 11) is 3.34. The van der Waals surface area contributed by atoms with Gasteiger partial charge in [-0.1, -0.05) is 0 Å². The molecule has 0 aromatic heterocycles. The molecule has 1 saturated carbocycles. The maximum Gasteiger partial charge on any atom is 0.162 e. The van der Waals surface area contributed by atoms with Gasteiger partial charge in [0, 0.05) is 20.1 Å². The molecular weight excluding hydrogens is 132 g/mol. The molecule has 58 valence electrons. The third-order valence-corrected chi connectivity index (χ3v) is 2.36. The van der Waals surface area contributed by atoms with Crippen molar-refractivity contribution in [1.82, 2.24) is 0 Å². The van der Waals surface area contributed by atoms with Gasteiger partial charge >= 0.3 is 0 Å². The van der Waals surface area contributed by atoms with E-state index in [1.807, 2.05) is 0 Å². The number of epoxide rings is 1. The molecule has 3 nitrogen and oxygen atoms in total. The van der Waals surface area contributed by atoms with E-state index >= 15 is 0 Å². The first-order valence-corrected chi connectivity index (χ1v) is 3.58. The van der Waals surface area contributed by atoms with Crippen LogP contribution in [0.1, 0.15) is 6.42 Å². The molecule has 0 unspecified atom stereocenters. The van der Waals surface area contributed by atoms with Gasteiger partial charge < -0.3 is 14.2 Å². The Kier molecular flexibility index (Phi) is 1.44. The highest BCUT2D eigenvalue weighted by atomic mass is 16.7. The molecule has 0 spiro atoms. The third kappa shape index (κ3) is 0.779. The van der Waals surface area contributed by atoms with E-state index in [0.717, 1.165) is 6.42 Å². The van der Waals surface area contributed by atoms with Gasteiger partial charge in [-0.15, -0.1) is 0 Å². The largest absolute Gasteiger partial charge is 0.369 e. The summed E-state index contributed by atoms with van der Waals surface area (Å²) < 4.78 is 15.5. The number of methoxy groups -OCH3 is 2. The third-order valence-electron chi connectivity index (χ3n) is 2.36. The highest BCUT2D eigenvalue weighted by molar-refractivity contribution is 5.04. The zero-order valence-corrected chi connectivity index (χ0v) is 6.24. The second-order valence-corrected chi connectivity index (χ2v) is 2.88. The molecule has 10 heavy (non-hydrogen) atoms. The molecule has 0 aromatic carbocycles. The summed E-state index contributed by atoms with van der Waals surface area (Å²) in [6.07, 6.45) is 2.04. The maximum absolute atomic E-state index is 5.27. The van der Waals surface area contributed by atoms with Crippen LogP contribution < -0.4 is 0 Å². The fraction of sp³-hybridized carbons (Fsp3) is 1.00. The predicted octanol–water partition coefficient (Wildman–Crippen LogP) is 0.393. The Morgan fingerprint density at radius 3 is 2.40 bits per heavy atom. The zero-order valence-electron chi connectivity index (χ0n) is 6.24. The van der Waals surface area contributed by atoms with E-state index in [9.17, 15) is 0 Å². The Hall–Kier alpha value is -0.120. The number of hydrogen-bond donors (Lipinski definition) is 0. The first kappa shape index (κ1) is 6.58. The van der Waals surface area contributed by atoms with Crippen molar-refractivity contribution in [3.8, 4) is 0 Å². The van der Waals surface area contributed by atoms with Gasteiger partial charge in [0.05, 0.1) is 12.2 Å². The molecule has 1 saturated heterocycles. The second-order valence-electron chi connectivity index (χ2n) is 2.88. The number of hydrogen-bond acceptors (Lipinski definition) is 3.